The molecule has 0 radical (unpaired) electrons. The van der Waals surface area contributed by atoms with E-state index in [2.05, 4.69) is 10.1 Å². The van der Waals surface area contributed by atoms with Crippen molar-refractivity contribution in [1.82, 2.24) is 5.32 Å². The number of β-amino-alcohol motifs (C(OH)–C–C–N with tert-alkyl or cyclic N) is 1. The zero-order chi connectivity index (χ0) is 16.1. The van der Waals surface area contributed by atoms with Crippen molar-refractivity contribution in [3.8, 4) is 0 Å². The lowest BCUT2D eigenvalue weighted by Crippen LogP contribution is -2.56. The van der Waals surface area contributed by atoms with Crippen LogP contribution in [0.5, 0.6) is 0 Å². The molecular weight excluding hydrogens is 270 g/mol. The van der Waals surface area contributed by atoms with Gasteiger partial charge in [0.15, 0.2) is 5.78 Å². The van der Waals surface area contributed by atoms with Gasteiger partial charge < -0.3 is 15.2 Å². The molecule has 2 rings (SSSR count). The highest BCUT2D eigenvalue weighted by molar-refractivity contribution is 5.94. The van der Waals surface area contributed by atoms with Crippen LogP contribution in [-0.2, 0) is 15.1 Å². The first-order valence-corrected chi connectivity index (χ1v) is 6.84. The number of carbonyl (C=O) groups is 2. The van der Waals surface area contributed by atoms with Crippen LogP contribution in [-0.4, -0.2) is 36.1 Å². The van der Waals surface area contributed by atoms with E-state index in [1.807, 2.05) is 32.9 Å². The fourth-order valence-corrected chi connectivity index (χ4v) is 1.73. The van der Waals surface area contributed by atoms with E-state index in [4.69, 9.17) is 0 Å². The Morgan fingerprint density at radius 3 is 2.05 bits per heavy atom. The average Bonchev–Trinajstić information content (AvgIpc) is 2.35. The minimum absolute atomic E-state index is 0.0512. The Kier molecular flexibility index (Phi) is 5.63. The molecule has 0 aliphatic carbocycles. The average molecular weight is 293 g/mol. The van der Waals surface area contributed by atoms with E-state index < -0.39 is 5.60 Å². The van der Waals surface area contributed by atoms with Gasteiger partial charge in [-0.1, -0.05) is 24.3 Å². The third kappa shape index (κ3) is 5.28. The number of Topliss-reactive ketones (excluding diaryl/α,β-unsaturated/α-hetero) is 1. The van der Waals surface area contributed by atoms with Gasteiger partial charge in [0.2, 0.25) is 0 Å². The first kappa shape index (κ1) is 17.3. The Bertz CT molecular complexity index is 484. The highest BCUT2D eigenvalue weighted by Crippen LogP contribution is 2.25. The van der Waals surface area contributed by atoms with Crippen LogP contribution in [0.1, 0.15) is 43.6 Å². The summed E-state index contributed by atoms with van der Waals surface area (Å²) in [5.41, 5.74) is 0.516. The van der Waals surface area contributed by atoms with E-state index in [1.165, 1.54) is 6.92 Å². The maximum atomic E-state index is 11.0. The van der Waals surface area contributed by atoms with Gasteiger partial charge in [0, 0.05) is 18.7 Å². The number of carbonyl (C=O) groups excluding carboxylic acids is 2. The molecule has 1 fully saturated rings. The minimum atomic E-state index is -0.727. The van der Waals surface area contributed by atoms with Gasteiger partial charge in [0.25, 0.3) is 6.47 Å². The predicted molar refractivity (Wildman–Crippen MR) is 80.1 cm³/mol. The molecule has 0 aromatic heterocycles. The Hall–Kier alpha value is -1.72. The highest BCUT2D eigenvalue weighted by Gasteiger charge is 2.35. The van der Waals surface area contributed by atoms with Gasteiger partial charge >= 0.3 is 0 Å². The monoisotopic (exact) mass is 293 g/mol. The van der Waals surface area contributed by atoms with Crippen LogP contribution in [0.25, 0.3) is 0 Å². The molecule has 1 aliphatic heterocycles. The Balaban J connectivity index is 0.000000270. The summed E-state index contributed by atoms with van der Waals surface area (Å²) in [5, 5.41) is 13.0. The molecule has 5 heteroatoms. The van der Waals surface area contributed by atoms with Gasteiger partial charge in [0.05, 0.1) is 0 Å². The Morgan fingerprint density at radius 2 is 1.81 bits per heavy atom. The fourth-order valence-electron chi connectivity index (χ4n) is 1.73. The van der Waals surface area contributed by atoms with Gasteiger partial charge in [0.1, 0.15) is 11.2 Å². The van der Waals surface area contributed by atoms with Crippen LogP contribution >= 0.6 is 0 Å². The molecule has 2 N–H and O–H groups in total. The molecule has 1 aromatic rings. The molecule has 0 bridgehead atoms. The standard InChI is InChI=1S/C11H13NO2.C5H10O2/c1-8(13)9-2-4-10(5-3-9)11(14)6-12-7-11;1-5(2,3)7-4-6/h2-5,12,14H,6-7H2,1H3;4H,1-3H3. The Labute approximate surface area is 125 Å². The first-order chi connectivity index (χ1) is 9.68. The smallest absolute Gasteiger partial charge is 0.293 e. The van der Waals surface area contributed by atoms with Crippen molar-refractivity contribution in [2.45, 2.75) is 38.9 Å². The SMILES string of the molecule is CC(=O)c1ccc(C2(O)CNC2)cc1.CC(C)(C)OC=O. The molecule has 1 heterocycles. The van der Waals surface area contributed by atoms with Crippen molar-refractivity contribution < 1.29 is 19.4 Å². The predicted octanol–water partition coefficient (Wildman–Crippen LogP) is 1.64. The van der Waals surface area contributed by atoms with E-state index in [9.17, 15) is 14.7 Å². The minimum Gasteiger partial charge on any atom is -0.462 e. The van der Waals surface area contributed by atoms with Crippen LogP contribution in [0, 0.1) is 0 Å². The first-order valence-electron chi connectivity index (χ1n) is 6.84. The van der Waals surface area contributed by atoms with Crippen LogP contribution in [0.4, 0.5) is 0 Å². The van der Waals surface area contributed by atoms with Crippen molar-refractivity contribution >= 4 is 12.3 Å². The summed E-state index contributed by atoms with van der Waals surface area (Å²) in [6.07, 6.45) is 0. The van der Waals surface area contributed by atoms with E-state index in [0.29, 0.717) is 25.1 Å². The van der Waals surface area contributed by atoms with Crippen molar-refractivity contribution in [2.75, 3.05) is 13.1 Å². The number of nitrogens with one attached hydrogen (secondary N) is 1. The highest BCUT2D eigenvalue weighted by atomic mass is 16.5. The molecule has 0 amide bonds. The molecule has 0 unspecified atom stereocenters. The second kappa shape index (κ2) is 6.83. The van der Waals surface area contributed by atoms with Gasteiger partial charge in [-0.2, -0.15) is 0 Å². The summed E-state index contributed by atoms with van der Waals surface area (Å²) in [4.78, 5) is 20.6. The molecule has 1 saturated heterocycles. The molecule has 0 spiro atoms. The van der Waals surface area contributed by atoms with Gasteiger partial charge in [-0.15, -0.1) is 0 Å². The molecule has 0 atom stereocenters. The molecule has 116 valence electrons. The van der Waals surface area contributed by atoms with E-state index >= 15 is 0 Å². The lowest BCUT2D eigenvalue weighted by Gasteiger charge is -2.38. The second-order valence-electron chi connectivity index (χ2n) is 6.10. The number of aliphatic hydroxyl groups is 1. The normalized spacial score (nSPS) is 16.0. The largest absolute Gasteiger partial charge is 0.462 e. The number of rotatable bonds is 3. The Morgan fingerprint density at radius 1 is 1.29 bits per heavy atom. The molecule has 0 saturated carbocycles. The van der Waals surface area contributed by atoms with Gasteiger partial charge in [-0.05, 0) is 33.3 Å². The van der Waals surface area contributed by atoms with E-state index in [0.717, 1.165) is 5.56 Å². The quantitative estimate of drug-likeness (QED) is 0.654. The van der Waals surface area contributed by atoms with E-state index in [1.54, 1.807) is 12.1 Å². The summed E-state index contributed by atoms with van der Waals surface area (Å²) in [5.74, 6) is 0.0512. The van der Waals surface area contributed by atoms with Crippen molar-refractivity contribution in [2.24, 2.45) is 0 Å². The number of hydrogen-bond donors (Lipinski definition) is 2. The van der Waals surface area contributed by atoms with Crippen molar-refractivity contribution in [1.29, 1.82) is 0 Å². The molecule has 21 heavy (non-hydrogen) atoms. The molecule has 1 aliphatic rings. The van der Waals surface area contributed by atoms with Gasteiger partial charge in [-0.3, -0.25) is 9.59 Å². The van der Waals surface area contributed by atoms with Crippen LogP contribution in [0.15, 0.2) is 24.3 Å². The van der Waals surface area contributed by atoms with Crippen LogP contribution in [0.3, 0.4) is 0 Å². The van der Waals surface area contributed by atoms with Crippen molar-refractivity contribution in [3.63, 3.8) is 0 Å². The van der Waals surface area contributed by atoms with Gasteiger partial charge in [-0.25, -0.2) is 0 Å². The van der Waals surface area contributed by atoms with Crippen LogP contribution in [0.2, 0.25) is 0 Å². The summed E-state index contributed by atoms with van der Waals surface area (Å²) in [6, 6.07) is 7.15. The summed E-state index contributed by atoms with van der Waals surface area (Å²) in [7, 11) is 0. The third-order valence-corrected chi connectivity index (χ3v) is 3.07. The maximum absolute atomic E-state index is 11.0. The number of ketones is 1. The topological polar surface area (TPSA) is 75.6 Å². The van der Waals surface area contributed by atoms with Crippen molar-refractivity contribution in [3.05, 3.63) is 35.4 Å². The summed E-state index contributed by atoms with van der Waals surface area (Å²) in [6.45, 7) is 8.64. The number of hydrogen-bond acceptors (Lipinski definition) is 5. The summed E-state index contributed by atoms with van der Waals surface area (Å²) < 4.78 is 4.55. The zero-order valence-corrected chi connectivity index (χ0v) is 13.0. The second-order valence-corrected chi connectivity index (χ2v) is 6.10. The zero-order valence-electron chi connectivity index (χ0n) is 13.0. The fraction of sp³-hybridized carbons (Fsp3) is 0.500. The lowest BCUT2D eigenvalue weighted by molar-refractivity contribution is -0.138. The molecule has 1 aromatic carbocycles. The lowest BCUT2D eigenvalue weighted by atomic mass is 9.87. The van der Waals surface area contributed by atoms with E-state index in [-0.39, 0.29) is 11.4 Å². The van der Waals surface area contributed by atoms with Crippen LogP contribution < -0.4 is 5.32 Å². The summed E-state index contributed by atoms with van der Waals surface area (Å²) >= 11 is 0. The third-order valence-electron chi connectivity index (χ3n) is 3.07. The number of benzene rings is 1. The molecule has 5 nitrogen and oxygen atoms in total. The molecular formula is C16H23NO4. The number of ether oxygens (including phenoxy) is 1. The maximum Gasteiger partial charge on any atom is 0.293 e.